The summed E-state index contributed by atoms with van der Waals surface area (Å²) in [6.45, 7) is 3.45. The third kappa shape index (κ3) is 5.00. The first kappa shape index (κ1) is 23.7. The standard InChI is InChI=1S/C27H30N8O/c1-33-18-23(17-31-33)21-13-25(27-22(14-28)16-32-35(27)19-21)20-5-6-26(30-15-20)34-10-7-24(8-11-34)29-9-3-4-12-36-2/h3-6,13,15-19,24,29H,7-12H2,1-2H3/b4-3-. The minimum Gasteiger partial charge on any atom is -0.381 e. The van der Waals surface area contributed by atoms with Crippen molar-refractivity contribution in [2.24, 2.45) is 7.05 Å². The van der Waals surface area contributed by atoms with Crippen LogP contribution >= 0.6 is 0 Å². The summed E-state index contributed by atoms with van der Waals surface area (Å²) in [7, 11) is 3.60. The third-order valence-electron chi connectivity index (χ3n) is 6.60. The van der Waals surface area contributed by atoms with Crippen LogP contribution in [0.5, 0.6) is 0 Å². The van der Waals surface area contributed by atoms with Crippen LogP contribution in [0.15, 0.2) is 61.3 Å². The zero-order chi connectivity index (χ0) is 24.9. The minimum atomic E-state index is 0.516. The maximum absolute atomic E-state index is 9.66. The maximum atomic E-state index is 9.66. The molecule has 4 aromatic heterocycles. The van der Waals surface area contributed by atoms with Gasteiger partial charge in [-0.1, -0.05) is 12.2 Å². The molecule has 0 unspecified atom stereocenters. The van der Waals surface area contributed by atoms with Gasteiger partial charge in [0.2, 0.25) is 0 Å². The molecule has 1 fully saturated rings. The summed E-state index contributed by atoms with van der Waals surface area (Å²) in [6.07, 6.45) is 15.6. The monoisotopic (exact) mass is 482 g/mol. The Bertz CT molecular complexity index is 1390. The van der Waals surface area contributed by atoms with Crippen molar-refractivity contribution in [2.75, 3.05) is 38.3 Å². The third-order valence-corrected chi connectivity index (χ3v) is 6.60. The van der Waals surface area contributed by atoms with E-state index >= 15 is 0 Å². The highest BCUT2D eigenvalue weighted by Gasteiger charge is 2.20. The fourth-order valence-electron chi connectivity index (χ4n) is 4.68. The van der Waals surface area contributed by atoms with Crippen molar-refractivity contribution in [3.63, 3.8) is 0 Å². The highest BCUT2D eigenvalue weighted by molar-refractivity contribution is 5.87. The Hall–Kier alpha value is -4.00. The first-order valence-corrected chi connectivity index (χ1v) is 12.2. The highest BCUT2D eigenvalue weighted by atomic mass is 16.5. The first-order chi connectivity index (χ1) is 17.7. The van der Waals surface area contributed by atoms with Gasteiger partial charge in [-0.2, -0.15) is 15.5 Å². The van der Waals surface area contributed by atoms with Gasteiger partial charge >= 0.3 is 0 Å². The number of anilines is 1. The van der Waals surface area contributed by atoms with Crippen LogP contribution in [0, 0.1) is 11.3 Å². The lowest BCUT2D eigenvalue weighted by Crippen LogP contribution is -2.42. The largest absolute Gasteiger partial charge is 0.381 e. The van der Waals surface area contributed by atoms with E-state index in [1.54, 1.807) is 22.5 Å². The van der Waals surface area contributed by atoms with E-state index in [9.17, 15) is 5.26 Å². The number of nitriles is 1. The molecule has 1 saturated heterocycles. The number of hydrogen-bond donors (Lipinski definition) is 1. The molecule has 0 aliphatic carbocycles. The summed E-state index contributed by atoms with van der Waals surface area (Å²) in [6, 6.07) is 9.04. The van der Waals surface area contributed by atoms with Crippen molar-refractivity contribution >= 4 is 11.3 Å². The highest BCUT2D eigenvalue weighted by Crippen LogP contribution is 2.32. The molecule has 1 N–H and O–H groups in total. The van der Waals surface area contributed by atoms with Crippen molar-refractivity contribution in [2.45, 2.75) is 18.9 Å². The van der Waals surface area contributed by atoms with Gasteiger partial charge in [0.15, 0.2) is 0 Å². The fraction of sp³-hybridized carbons (Fsp3) is 0.333. The van der Waals surface area contributed by atoms with Crippen molar-refractivity contribution < 1.29 is 4.74 Å². The number of methoxy groups -OCH3 is 1. The normalized spacial score (nSPS) is 14.6. The van der Waals surface area contributed by atoms with Gasteiger partial charge in [0.05, 0.1) is 30.1 Å². The molecule has 0 spiro atoms. The predicted octanol–water partition coefficient (Wildman–Crippen LogP) is 3.43. The molecular formula is C27H30N8O. The fourth-order valence-corrected chi connectivity index (χ4v) is 4.68. The Morgan fingerprint density at radius 1 is 1.08 bits per heavy atom. The zero-order valence-corrected chi connectivity index (χ0v) is 20.6. The predicted molar refractivity (Wildman–Crippen MR) is 140 cm³/mol. The van der Waals surface area contributed by atoms with Crippen LogP contribution in [-0.4, -0.2) is 63.8 Å². The molecule has 9 nitrogen and oxygen atoms in total. The zero-order valence-electron chi connectivity index (χ0n) is 20.6. The Balaban J connectivity index is 1.34. The molecule has 0 amide bonds. The van der Waals surface area contributed by atoms with E-state index in [2.05, 4.69) is 50.8 Å². The summed E-state index contributed by atoms with van der Waals surface area (Å²) in [4.78, 5) is 7.14. The molecule has 5 rings (SSSR count). The Morgan fingerprint density at radius 3 is 2.64 bits per heavy atom. The second-order valence-electron chi connectivity index (χ2n) is 9.01. The SMILES string of the molecule is COC/C=C\CNC1CCN(c2ccc(-c3cc(-c4cnn(C)c4)cn4ncc(C#N)c34)cn2)CC1. The molecule has 0 saturated carbocycles. The van der Waals surface area contributed by atoms with E-state index in [-0.39, 0.29) is 0 Å². The summed E-state index contributed by atoms with van der Waals surface area (Å²) < 4.78 is 8.58. The number of aryl methyl sites for hydroxylation is 1. The Kier molecular flexibility index (Phi) is 7.07. The average molecular weight is 483 g/mol. The van der Waals surface area contributed by atoms with Gasteiger partial charge in [-0.3, -0.25) is 4.68 Å². The van der Waals surface area contributed by atoms with Crippen LogP contribution in [0.1, 0.15) is 18.4 Å². The molecule has 184 valence electrons. The van der Waals surface area contributed by atoms with Crippen LogP contribution < -0.4 is 10.2 Å². The van der Waals surface area contributed by atoms with Crippen molar-refractivity contribution in [1.82, 2.24) is 29.7 Å². The second kappa shape index (κ2) is 10.7. The number of pyridine rings is 2. The number of nitrogens with zero attached hydrogens (tertiary/aromatic N) is 7. The van der Waals surface area contributed by atoms with Gasteiger partial charge in [-0.15, -0.1) is 0 Å². The van der Waals surface area contributed by atoms with Gasteiger partial charge in [0, 0.05) is 80.7 Å². The van der Waals surface area contributed by atoms with E-state index < -0.39 is 0 Å². The first-order valence-electron chi connectivity index (χ1n) is 12.2. The number of nitrogens with one attached hydrogen (secondary N) is 1. The van der Waals surface area contributed by atoms with Crippen LogP contribution in [0.25, 0.3) is 27.8 Å². The summed E-state index contributed by atoms with van der Waals surface area (Å²) in [5.74, 6) is 0.977. The van der Waals surface area contributed by atoms with Crippen LogP contribution in [0.4, 0.5) is 5.82 Å². The molecule has 4 aromatic rings. The number of aromatic nitrogens is 5. The van der Waals surface area contributed by atoms with Gasteiger partial charge in [0.1, 0.15) is 11.9 Å². The summed E-state index contributed by atoms with van der Waals surface area (Å²) in [5, 5.41) is 22.0. The Labute approximate surface area is 210 Å². The Morgan fingerprint density at radius 2 is 1.94 bits per heavy atom. The van der Waals surface area contributed by atoms with E-state index in [1.165, 1.54) is 0 Å². The molecule has 0 aromatic carbocycles. The molecule has 1 aliphatic rings. The van der Waals surface area contributed by atoms with E-state index in [4.69, 9.17) is 9.72 Å². The molecule has 0 radical (unpaired) electrons. The van der Waals surface area contributed by atoms with Crippen LogP contribution in [-0.2, 0) is 11.8 Å². The van der Waals surface area contributed by atoms with E-state index in [1.807, 2.05) is 37.9 Å². The van der Waals surface area contributed by atoms with Gasteiger partial charge in [-0.05, 0) is 31.0 Å². The molecule has 5 heterocycles. The van der Waals surface area contributed by atoms with Gasteiger partial charge in [-0.25, -0.2) is 9.50 Å². The van der Waals surface area contributed by atoms with Crippen molar-refractivity contribution in [1.29, 1.82) is 5.26 Å². The average Bonchev–Trinajstić information content (AvgIpc) is 3.54. The molecule has 0 bridgehead atoms. The molecular weight excluding hydrogens is 452 g/mol. The van der Waals surface area contributed by atoms with Gasteiger partial charge < -0.3 is 15.0 Å². The quantitative estimate of drug-likeness (QED) is 0.384. The smallest absolute Gasteiger partial charge is 0.128 e. The lowest BCUT2D eigenvalue weighted by Gasteiger charge is -2.33. The topological polar surface area (TPSA) is 96.3 Å². The number of hydrogen-bond acceptors (Lipinski definition) is 7. The molecule has 9 heteroatoms. The van der Waals surface area contributed by atoms with Crippen molar-refractivity contribution in [3.05, 3.63) is 66.9 Å². The number of rotatable bonds is 8. The van der Waals surface area contributed by atoms with Crippen LogP contribution in [0.2, 0.25) is 0 Å². The minimum absolute atomic E-state index is 0.516. The lowest BCUT2D eigenvalue weighted by molar-refractivity contribution is 0.233. The molecule has 36 heavy (non-hydrogen) atoms. The summed E-state index contributed by atoms with van der Waals surface area (Å²) in [5.41, 5.74) is 5.17. The van der Waals surface area contributed by atoms with Crippen molar-refractivity contribution in [3.8, 4) is 28.3 Å². The molecule has 0 atom stereocenters. The number of ether oxygens (including phenoxy) is 1. The maximum Gasteiger partial charge on any atom is 0.128 e. The second-order valence-corrected chi connectivity index (χ2v) is 9.01. The van der Waals surface area contributed by atoms with Gasteiger partial charge in [0.25, 0.3) is 0 Å². The molecule has 1 aliphatic heterocycles. The lowest BCUT2D eigenvalue weighted by atomic mass is 10.0. The van der Waals surface area contributed by atoms with E-state index in [0.717, 1.165) is 66.1 Å². The van der Waals surface area contributed by atoms with E-state index in [0.29, 0.717) is 18.2 Å². The summed E-state index contributed by atoms with van der Waals surface area (Å²) >= 11 is 0. The number of piperidine rings is 1. The van der Waals surface area contributed by atoms with Crippen LogP contribution in [0.3, 0.4) is 0 Å². The number of fused-ring (bicyclic) bond motifs is 1.